The quantitative estimate of drug-likeness (QED) is 0.411. The van der Waals surface area contributed by atoms with Crippen molar-refractivity contribution >= 4 is 5.91 Å². The standard InChI is InChI=1S/C5H9N2O4/c1-5(8)6(2)3-4-11-7(9)10/h1,3-4H2,2H3. The molecule has 0 saturated heterocycles. The van der Waals surface area contributed by atoms with Crippen molar-refractivity contribution in [2.45, 2.75) is 0 Å². The summed E-state index contributed by atoms with van der Waals surface area (Å²) in [6.07, 6.45) is 0. The van der Waals surface area contributed by atoms with Crippen LogP contribution in [0, 0.1) is 17.0 Å². The topological polar surface area (TPSA) is 72.7 Å². The Hall–Kier alpha value is -1.33. The van der Waals surface area contributed by atoms with Gasteiger partial charge in [-0.3, -0.25) is 4.79 Å². The molecule has 1 amide bonds. The van der Waals surface area contributed by atoms with Crippen molar-refractivity contribution in [1.82, 2.24) is 4.90 Å². The average Bonchev–Trinajstić information content (AvgIpc) is 1.86. The third-order valence-electron chi connectivity index (χ3n) is 1.05. The van der Waals surface area contributed by atoms with Crippen molar-refractivity contribution < 1.29 is 14.7 Å². The highest BCUT2D eigenvalue weighted by Crippen LogP contribution is 1.83. The van der Waals surface area contributed by atoms with Crippen molar-refractivity contribution in [3.63, 3.8) is 0 Å². The number of hydrogen-bond donors (Lipinski definition) is 0. The lowest BCUT2D eigenvalue weighted by Gasteiger charge is -2.12. The van der Waals surface area contributed by atoms with Crippen molar-refractivity contribution in [2.24, 2.45) is 0 Å². The molecule has 0 spiro atoms. The molecular weight excluding hydrogens is 152 g/mol. The molecule has 0 heterocycles. The van der Waals surface area contributed by atoms with Gasteiger partial charge in [-0.25, -0.2) is 0 Å². The van der Waals surface area contributed by atoms with Gasteiger partial charge in [0.1, 0.15) is 6.61 Å². The number of carbonyl (C=O) groups excluding carboxylic acids is 1. The molecule has 1 radical (unpaired) electrons. The first-order valence-corrected chi connectivity index (χ1v) is 2.88. The maximum absolute atomic E-state index is 10.4. The lowest BCUT2D eigenvalue weighted by molar-refractivity contribution is -0.757. The predicted octanol–water partition coefficient (Wildman–Crippen LogP) is -0.513. The molecule has 0 rings (SSSR count). The van der Waals surface area contributed by atoms with Gasteiger partial charge in [-0.15, -0.1) is 10.1 Å². The zero-order valence-corrected chi connectivity index (χ0v) is 6.15. The van der Waals surface area contributed by atoms with Gasteiger partial charge in [-0.05, 0) is 0 Å². The van der Waals surface area contributed by atoms with E-state index in [4.69, 9.17) is 0 Å². The van der Waals surface area contributed by atoms with Crippen LogP contribution in [-0.4, -0.2) is 36.1 Å². The van der Waals surface area contributed by atoms with Crippen LogP contribution in [-0.2, 0) is 9.63 Å². The highest BCUT2D eigenvalue weighted by molar-refractivity contribution is 5.79. The van der Waals surface area contributed by atoms with Crippen LogP contribution >= 0.6 is 0 Å². The van der Waals surface area contributed by atoms with Crippen LogP contribution in [0.3, 0.4) is 0 Å². The molecule has 0 saturated carbocycles. The van der Waals surface area contributed by atoms with Gasteiger partial charge in [-0.1, -0.05) is 0 Å². The fraction of sp³-hybridized carbons (Fsp3) is 0.600. The third-order valence-corrected chi connectivity index (χ3v) is 1.05. The summed E-state index contributed by atoms with van der Waals surface area (Å²) in [5, 5.41) is 8.71. The van der Waals surface area contributed by atoms with Crippen LogP contribution in [0.25, 0.3) is 0 Å². The van der Waals surface area contributed by atoms with Crippen molar-refractivity contribution in [3.8, 4) is 0 Å². The zero-order chi connectivity index (χ0) is 8.85. The maximum atomic E-state index is 10.4. The van der Waals surface area contributed by atoms with Gasteiger partial charge in [0.25, 0.3) is 5.09 Å². The van der Waals surface area contributed by atoms with Crippen molar-refractivity contribution in [2.75, 3.05) is 20.2 Å². The lowest BCUT2D eigenvalue weighted by atomic mass is 10.5. The van der Waals surface area contributed by atoms with Gasteiger partial charge in [0, 0.05) is 20.5 Å². The molecule has 0 aromatic carbocycles. The summed E-state index contributed by atoms with van der Waals surface area (Å²) < 4.78 is 0. The van der Waals surface area contributed by atoms with Gasteiger partial charge < -0.3 is 9.74 Å². The second-order valence-corrected chi connectivity index (χ2v) is 1.87. The van der Waals surface area contributed by atoms with E-state index in [2.05, 4.69) is 11.8 Å². The molecular formula is C5H9N2O4. The van der Waals surface area contributed by atoms with Crippen LogP contribution in [0.2, 0.25) is 0 Å². The van der Waals surface area contributed by atoms with E-state index in [1.165, 1.54) is 11.9 Å². The van der Waals surface area contributed by atoms with Crippen LogP contribution in [0.15, 0.2) is 0 Å². The molecule has 6 heteroatoms. The minimum Gasteiger partial charge on any atom is -0.344 e. The predicted molar refractivity (Wildman–Crippen MR) is 35.9 cm³/mol. The van der Waals surface area contributed by atoms with Crippen LogP contribution < -0.4 is 0 Å². The van der Waals surface area contributed by atoms with E-state index in [1.54, 1.807) is 0 Å². The summed E-state index contributed by atoms with van der Waals surface area (Å²) in [6.45, 7) is 3.15. The Labute approximate surface area is 63.8 Å². The van der Waals surface area contributed by atoms with Crippen LogP contribution in [0.4, 0.5) is 0 Å². The summed E-state index contributed by atoms with van der Waals surface area (Å²) in [5.74, 6) is -0.392. The maximum Gasteiger partial charge on any atom is 0.294 e. The zero-order valence-electron chi connectivity index (χ0n) is 6.15. The van der Waals surface area contributed by atoms with Crippen LogP contribution in [0.1, 0.15) is 0 Å². The Kier molecular flexibility index (Phi) is 3.94. The monoisotopic (exact) mass is 161 g/mol. The number of carbonyl (C=O) groups is 1. The second kappa shape index (κ2) is 4.48. The van der Waals surface area contributed by atoms with E-state index >= 15 is 0 Å². The molecule has 0 unspecified atom stereocenters. The molecule has 0 aromatic heterocycles. The summed E-state index contributed by atoms with van der Waals surface area (Å²) >= 11 is 0. The highest BCUT2D eigenvalue weighted by atomic mass is 16.9. The molecule has 11 heavy (non-hydrogen) atoms. The lowest BCUT2D eigenvalue weighted by Crippen LogP contribution is -2.28. The van der Waals surface area contributed by atoms with E-state index < -0.39 is 11.0 Å². The Bertz CT molecular complexity index is 159. The molecule has 6 nitrogen and oxygen atoms in total. The van der Waals surface area contributed by atoms with Crippen LogP contribution in [0.5, 0.6) is 0 Å². The summed E-state index contributed by atoms with van der Waals surface area (Å²) in [7, 11) is 1.48. The largest absolute Gasteiger partial charge is 0.344 e. The first kappa shape index (κ1) is 9.67. The molecule has 63 valence electrons. The molecule has 0 aliphatic heterocycles. The van der Waals surface area contributed by atoms with E-state index in [0.29, 0.717) is 0 Å². The minimum absolute atomic E-state index is 0.120. The smallest absolute Gasteiger partial charge is 0.294 e. The molecule has 0 atom stereocenters. The number of likely N-dealkylation sites (N-methyl/N-ethyl adjacent to an activating group) is 1. The van der Waals surface area contributed by atoms with Gasteiger partial charge in [0.2, 0.25) is 5.91 Å². The van der Waals surface area contributed by atoms with Gasteiger partial charge in [0.15, 0.2) is 0 Å². The number of nitrogens with zero attached hydrogens (tertiary/aromatic N) is 2. The molecule has 0 aromatic rings. The molecule has 0 N–H and O–H groups in total. The third kappa shape index (κ3) is 5.13. The number of rotatable bonds is 4. The minimum atomic E-state index is -0.901. The highest BCUT2D eigenvalue weighted by Gasteiger charge is 2.02. The molecule has 0 bridgehead atoms. The average molecular weight is 161 g/mol. The fourth-order valence-electron chi connectivity index (χ4n) is 0.377. The first-order chi connectivity index (χ1) is 5.04. The Morgan fingerprint density at radius 3 is 2.73 bits per heavy atom. The molecule has 0 aliphatic carbocycles. The normalized spacial score (nSPS) is 8.91. The van der Waals surface area contributed by atoms with Crippen molar-refractivity contribution in [1.29, 1.82) is 0 Å². The van der Waals surface area contributed by atoms with E-state index in [1.807, 2.05) is 0 Å². The van der Waals surface area contributed by atoms with Gasteiger partial charge >= 0.3 is 0 Å². The van der Waals surface area contributed by atoms with Gasteiger partial charge in [-0.2, -0.15) is 0 Å². The number of amides is 1. The SMILES string of the molecule is [CH2]C(=O)N(C)CCO[N+](=O)[O-]. The second-order valence-electron chi connectivity index (χ2n) is 1.87. The van der Waals surface area contributed by atoms with E-state index in [0.717, 1.165) is 0 Å². The van der Waals surface area contributed by atoms with E-state index in [-0.39, 0.29) is 13.2 Å². The Morgan fingerprint density at radius 1 is 1.82 bits per heavy atom. The van der Waals surface area contributed by atoms with E-state index in [9.17, 15) is 14.9 Å². The molecule has 0 aliphatic rings. The summed E-state index contributed by atoms with van der Waals surface area (Å²) in [5.41, 5.74) is 0. The van der Waals surface area contributed by atoms with Gasteiger partial charge in [0.05, 0.1) is 0 Å². The summed E-state index contributed by atoms with van der Waals surface area (Å²) in [6, 6.07) is 0. The Balaban J connectivity index is 3.39. The molecule has 0 fully saturated rings. The number of hydrogen-bond acceptors (Lipinski definition) is 4. The fourth-order valence-corrected chi connectivity index (χ4v) is 0.377. The van der Waals surface area contributed by atoms with Crippen molar-refractivity contribution in [3.05, 3.63) is 17.0 Å². The Morgan fingerprint density at radius 2 is 2.36 bits per heavy atom. The first-order valence-electron chi connectivity index (χ1n) is 2.88. The summed E-state index contributed by atoms with van der Waals surface area (Å²) in [4.78, 5) is 25.2.